The fourth-order valence-corrected chi connectivity index (χ4v) is 2.75. The summed E-state index contributed by atoms with van der Waals surface area (Å²) in [7, 11) is 0. The minimum absolute atomic E-state index is 0.122. The summed E-state index contributed by atoms with van der Waals surface area (Å²) < 4.78 is 1.67. The summed E-state index contributed by atoms with van der Waals surface area (Å²) in [4.78, 5) is 12.3. The Labute approximate surface area is 140 Å². The van der Waals surface area contributed by atoms with E-state index in [2.05, 4.69) is 17.3 Å². The summed E-state index contributed by atoms with van der Waals surface area (Å²) in [6, 6.07) is 15.3. The maximum absolute atomic E-state index is 12.3. The van der Waals surface area contributed by atoms with E-state index in [1.807, 2.05) is 48.5 Å². The van der Waals surface area contributed by atoms with Crippen LogP contribution in [0.1, 0.15) is 24.1 Å². The van der Waals surface area contributed by atoms with Crippen LogP contribution in [-0.4, -0.2) is 27.4 Å². The number of aryl methyl sites for hydroxylation is 1. The molecule has 0 bridgehead atoms. The van der Waals surface area contributed by atoms with E-state index in [1.165, 1.54) is 5.56 Å². The highest BCUT2D eigenvalue weighted by Crippen LogP contribution is 2.15. The molecule has 1 atom stereocenters. The van der Waals surface area contributed by atoms with Crippen molar-refractivity contribution < 1.29 is 9.90 Å². The SMILES string of the molecule is CCc1ccc(C(CO)NC(=O)Cn2ncc3ccccc32)cc1. The molecular formula is C19H21N3O2. The lowest BCUT2D eigenvalue weighted by atomic mass is 10.0. The quantitative estimate of drug-likeness (QED) is 0.732. The number of nitrogens with one attached hydrogen (secondary N) is 1. The minimum atomic E-state index is -0.412. The van der Waals surface area contributed by atoms with Gasteiger partial charge in [0.2, 0.25) is 5.91 Å². The van der Waals surface area contributed by atoms with E-state index >= 15 is 0 Å². The standard InChI is InChI=1S/C19H21N3O2/c1-2-14-7-9-15(10-8-14)17(13-23)21-19(24)12-22-18-6-4-3-5-16(18)11-20-22/h3-11,17,23H,2,12-13H2,1H3,(H,21,24). The summed E-state index contributed by atoms with van der Waals surface area (Å²) in [5.41, 5.74) is 3.04. The van der Waals surface area contributed by atoms with Crippen LogP contribution in [0.2, 0.25) is 0 Å². The average molecular weight is 323 g/mol. The first-order valence-electron chi connectivity index (χ1n) is 8.11. The van der Waals surface area contributed by atoms with Gasteiger partial charge in [-0.05, 0) is 23.6 Å². The van der Waals surface area contributed by atoms with Gasteiger partial charge in [0.1, 0.15) is 6.54 Å². The van der Waals surface area contributed by atoms with Crippen LogP contribution in [0.5, 0.6) is 0 Å². The zero-order valence-electron chi connectivity index (χ0n) is 13.6. The smallest absolute Gasteiger partial charge is 0.242 e. The number of rotatable bonds is 6. The van der Waals surface area contributed by atoms with E-state index in [-0.39, 0.29) is 19.1 Å². The van der Waals surface area contributed by atoms with Gasteiger partial charge in [0.05, 0.1) is 24.4 Å². The van der Waals surface area contributed by atoms with E-state index in [1.54, 1.807) is 10.9 Å². The molecule has 5 nitrogen and oxygen atoms in total. The summed E-state index contributed by atoms with van der Waals surface area (Å²) in [5, 5.41) is 17.7. The van der Waals surface area contributed by atoms with Crippen molar-refractivity contribution >= 4 is 16.8 Å². The van der Waals surface area contributed by atoms with E-state index < -0.39 is 6.04 Å². The zero-order chi connectivity index (χ0) is 16.9. The summed E-state index contributed by atoms with van der Waals surface area (Å²) >= 11 is 0. The van der Waals surface area contributed by atoms with Crippen LogP contribution in [0.3, 0.4) is 0 Å². The number of hydrogen-bond donors (Lipinski definition) is 2. The lowest BCUT2D eigenvalue weighted by molar-refractivity contribution is -0.122. The Morgan fingerprint density at radius 2 is 1.96 bits per heavy atom. The number of para-hydroxylation sites is 1. The highest BCUT2D eigenvalue weighted by molar-refractivity contribution is 5.82. The van der Waals surface area contributed by atoms with Crippen LogP contribution in [0.25, 0.3) is 10.9 Å². The minimum Gasteiger partial charge on any atom is -0.394 e. The molecule has 5 heteroatoms. The van der Waals surface area contributed by atoms with E-state index in [9.17, 15) is 9.90 Å². The molecule has 0 aliphatic rings. The highest BCUT2D eigenvalue weighted by atomic mass is 16.3. The first-order valence-corrected chi connectivity index (χ1v) is 8.11. The monoisotopic (exact) mass is 323 g/mol. The van der Waals surface area contributed by atoms with Crippen molar-refractivity contribution in [3.8, 4) is 0 Å². The molecule has 0 aliphatic carbocycles. The summed E-state index contributed by atoms with van der Waals surface area (Å²) in [5.74, 6) is -0.178. The van der Waals surface area contributed by atoms with Gasteiger partial charge in [0, 0.05) is 5.39 Å². The molecule has 1 unspecified atom stereocenters. The normalized spacial score (nSPS) is 12.2. The number of nitrogens with zero attached hydrogens (tertiary/aromatic N) is 2. The molecule has 3 rings (SSSR count). The molecule has 0 saturated heterocycles. The predicted octanol–water partition coefficient (Wildman–Crippen LogP) is 2.45. The van der Waals surface area contributed by atoms with E-state index in [0.29, 0.717) is 0 Å². The molecule has 0 radical (unpaired) electrons. The Bertz CT molecular complexity index is 824. The third kappa shape index (κ3) is 3.46. The first kappa shape index (κ1) is 16.2. The molecule has 0 spiro atoms. The van der Waals surface area contributed by atoms with Crippen molar-refractivity contribution in [3.63, 3.8) is 0 Å². The van der Waals surface area contributed by atoms with Gasteiger partial charge in [-0.3, -0.25) is 9.48 Å². The second-order valence-corrected chi connectivity index (χ2v) is 5.76. The Morgan fingerprint density at radius 1 is 1.21 bits per heavy atom. The Morgan fingerprint density at radius 3 is 2.67 bits per heavy atom. The van der Waals surface area contributed by atoms with Gasteiger partial charge in [0.15, 0.2) is 0 Å². The van der Waals surface area contributed by atoms with Crippen molar-refractivity contribution in [2.75, 3.05) is 6.61 Å². The number of hydrogen-bond acceptors (Lipinski definition) is 3. The zero-order valence-corrected chi connectivity index (χ0v) is 13.6. The largest absolute Gasteiger partial charge is 0.394 e. The van der Waals surface area contributed by atoms with Crippen LogP contribution in [0, 0.1) is 0 Å². The predicted molar refractivity (Wildman–Crippen MR) is 93.5 cm³/mol. The van der Waals surface area contributed by atoms with E-state index in [4.69, 9.17) is 0 Å². The van der Waals surface area contributed by atoms with Crippen molar-refractivity contribution in [2.24, 2.45) is 0 Å². The molecule has 2 N–H and O–H groups in total. The molecule has 24 heavy (non-hydrogen) atoms. The molecule has 0 fully saturated rings. The maximum atomic E-state index is 12.3. The number of aromatic nitrogens is 2. The molecule has 0 saturated carbocycles. The van der Waals surface area contributed by atoms with E-state index in [0.717, 1.165) is 22.9 Å². The van der Waals surface area contributed by atoms with Crippen LogP contribution < -0.4 is 5.32 Å². The topological polar surface area (TPSA) is 67.2 Å². The number of fused-ring (bicyclic) bond motifs is 1. The van der Waals surface area contributed by atoms with Crippen LogP contribution >= 0.6 is 0 Å². The number of carbonyl (C=O) groups is 1. The molecule has 2 aromatic carbocycles. The van der Waals surface area contributed by atoms with Gasteiger partial charge in [-0.2, -0.15) is 5.10 Å². The molecule has 124 valence electrons. The van der Waals surface area contributed by atoms with Crippen molar-refractivity contribution in [1.29, 1.82) is 0 Å². The van der Waals surface area contributed by atoms with Gasteiger partial charge in [-0.25, -0.2) is 0 Å². The Hall–Kier alpha value is -2.66. The van der Waals surface area contributed by atoms with Crippen molar-refractivity contribution in [1.82, 2.24) is 15.1 Å². The van der Waals surface area contributed by atoms with Gasteiger partial charge >= 0.3 is 0 Å². The number of aliphatic hydroxyl groups excluding tert-OH is 1. The first-order chi connectivity index (χ1) is 11.7. The summed E-state index contributed by atoms with van der Waals surface area (Å²) in [6.45, 7) is 2.07. The van der Waals surface area contributed by atoms with Crippen molar-refractivity contribution in [2.45, 2.75) is 25.9 Å². The van der Waals surface area contributed by atoms with Crippen LogP contribution in [-0.2, 0) is 17.8 Å². The summed E-state index contributed by atoms with van der Waals surface area (Å²) in [6.07, 6.45) is 2.71. The maximum Gasteiger partial charge on any atom is 0.242 e. The highest BCUT2D eigenvalue weighted by Gasteiger charge is 2.15. The number of amides is 1. The van der Waals surface area contributed by atoms with Gasteiger partial charge < -0.3 is 10.4 Å². The molecular weight excluding hydrogens is 302 g/mol. The number of benzene rings is 2. The number of carbonyl (C=O) groups excluding carboxylic acids is 1. The fourth-order valence-electron chi connectivity index (χ4n) is 2.75. The molecule has 3 aromatic rings. The van der Waals surface area contributed by atoms with Gasteiger partial charge in [-0.15, -0.1) is 0 Å². The van der Waals surface area contributed by atoms with Gasteiger partial charge in [-0.1, -0.05) is 49.4 Å². The third-order valence-corrected chi connectivity index (χ3v) is 4.15. The fraction of sp³-hybridized carbons (Fsp3) is 0.263. The lowest BCUT2D eigenvalue weighted by Crippen LogP contribution is -2.33. The third-order valence-electron chi connectivity index (χ3n) is 4.15. The van der Waals surface area contributed by atoms with Crippen LogP contribution in [0.4, 0.5) is 0 Å². The molecule has 1 aromatic heterocycles. The second kappa shape index (κ2) is 7.27. The second-order valence-electron chi connectivity index (χ2n) is 5.76. The molecule has 0 aliphatic heterocycles. The van der Waals surface area contributed by atoms with Gasteiger partial charge in [0.25, 0.3) is 0 Å². The lowest BCUT2D eigenvalue weighted by Gasteiger charge is -2.17. The molecule has 1 heterocycles. The average Bonchev–Trinajstić information content (AvgIpc) is 3.03. The number of aliphatic hydroxyl groups is 1. The molecule has 1 amide bonds. The van der Waals surface area contributed by atoms with Crippen LogP contribution in [0.15, 0.2) is 54.7 Å². The Balaban J connectivity index is 1.70. The Kier molecular flexibility index (Phi) is 4.91. The van der Waals surface area contributed by atoms with Crippen molar-refractivity contribution in [3.05, 3.63) is 65.9 Å².